The minimum absolute atomic E-state index is 0.0742. The molecule has 0 atom stereocenters. The smallest absolute Gasteiger partial charge is 0.270 e. The van der Waals surface area contributed by atoms with Gasteiger partial charge in [-0.2, -0.15) is 0 Å². The maximum atomic E-state index is 12.2. The van der Waals surface area contributed by atoms with Gasteiger partial charge in [0, 0.05) is 47.3 Å². The number of nitrogens with zero attached hydrogens (tertiary/aromatic N) is 3. The van der Waals surface area contributed by atoms with Crippen LogP contribution in [0.3, 0.4) is 0 Å². The van der Waals surface area contributed by atoms with Gasteiger partial charge in [0.1, 0.15) is 0 Å². The number of nitrogens with one attached hydrogen (secondary N) is 1. The molecule has 0 radical (unpaired) electrons. The van der Waals surface area contributed by atoms with Gasteiger partial charge < -0.3 is 15.0 Å². The second-order valence-corrected chi connectivity index (χ2v) is 8.53. The van der Waals surface area contributed by atoms with E-state index in [-0.39, 0.29) is 17.5 Å². The van der Waals surface area contributed by atoms with E-state index in [0.29, 0.717) is 40.8 Å². The molecular weight excluding hydrogens is 456 g/mol. The van der Waals surface area contributed by atoms with Crippen molar-refractivity contribution in [3.8, 4) is 5.88 Å². The van der Waals surface area contributed by atoms with Gasteiger partial charge in [-0.05, 0) is 37.1 Å². The van der Waals surface area contributed by atoms with Crippen LogP contribution in [0.2, 0.25) is 0 Å². The minimum Gasteiger partial charge on any atom is -0.494 e. The fourth-order valence-electron chi connectivity index (χ4n) is 4.60. The third-order valence-corrected chi connectivity index (χ3v) is 6.30. The molecule has 1 aromatic heterocycles. The number of nitro benzene ring substituents is 1. The number of aromatic hydroxyl groups is 1. The third-order valence-electron chi connectivity index (χ3n) is 6.30. The molecule has 0 bridgehead atoms. The quantitative estimate of drug-likeness (QED) is 0.202. The molecule has 4 aromatic rings. The molecule has 0 aliphatic carbocycles. The fourth-order valence-corrected chi connectivity index (χ4v) is 4.60. The van der Waals surface area contributed by atoms with Crippen LogP contribution in [-0.2, 0) is 4.79 Å². The molecule has 1 amide bonds. The lowest BCUT2D eigenvalue weighted by Crippen LogP contribution is -2.22. The Labute approximate surface area is 207 Å². The summed E-state index contributed by atoms with van der Waals surface area (Å²) < 4.78 is 0. The highest BCUT2D eigenvalue weighted by atomic mass is 16.6. The molecule has 8 nitrogen and oxygen atoms in total. The summed E-state index contributed by atoms with van der Waals surface area (Å²) in [6.45, 7) is 2.63. The lowest BCUT2D eigenvalue weighted by atomic mass is 10.0. The van der Waals surface area contributed by atoms with E-state index < -0.39 is 4.92 Å². The number of H-pyrrole nitrogens is 1. The van der Waals surface area contributed by atoms with Crippen LogP contribution in [0.5, 0.6) is 5.88 Å². The van der Waals surface area contributed by atoms with Crippen molar-refractivity contribution in [3.05, 3.63) is 106 Å². The second kappa shape index (κ2) is 9.50. The van der Waals surface area contributed by atoms with Gasteiger partial charge in [-0.1, -0.05) is 48.5 Å². The molecule has 1 fully saturated rings. The number of benzene rings is 3. The SMILES string of the molecule is CC=C(c1ccc(N=C(c2ccccc2)c2c(O)[nH]c3ccc([N+](=O)[O-])cc23)cc1)N1CCCC1=O. The van der Waals surface area contributed by atoms with Gasteiger partial charge in [0.05, 0.1) is 21.9 Å². The van der Waals surface area contributed by atoms with E-state index in [1.165, 1.54) is 12.1 Å². The Morgan fingerprint density at radius 2 is 1.83 bits per heavy atom. The molecule has 2 N–H and O–H groups in total. The first-order valence-corrected chi connectivity index (χ1v) is 11.7. The Hall–Kier alpha value is -4.72. The third kappa shape index (κ3) is 4.24. The highest BCUT2D eigenvalue weighted by Gasteiger charge is 2.24. The van der Waals surface area contributed by atoms with Crippen LogP contribution in [0.15, 0.2) is 83.9 Å². The first kappa shape index (κ1) is 23.0. The van der Waals surface area contributed by atoms with E-state index in [4.69, 9.17) is 4.99 Å². The Morgan fingerprint density at radius 3 is 2.47 bits per heavy atom. The number of fused-ring (bicyclic) bond motifs is 1. The molecule has 36 heavy (non-hydrogen) atoms. The van der Waals surface area contributed by atoms with Crippen LogP contribution in [-0.4, -0.2) is 38.1 Å². The van der Waals surface area contributed by atoms with Crippen LogP contribution >= 0.6 is 0 Å². The van der Waals surface area contributed by atoms with Gasteiger partial charge in [-0.15, -0.1) is 0 Å². The summed E-state index contributed by atoms with van der Waals surface area (Å²) in [5.41, 5.74) is 4.54. The monoisotopic (exact) mass is 480 g/mol. The minimum atomic E-state index is -0.463. The first-order valence-electron chi connectivity index (χ1n) is 11.7. The zero-order valence-corrected chi connectivity index (χ0v) is 19.6. The number of non-ortho nitro benzene ring substituents is 1. The Balaban J connectivity index is 1.61. The van der Waals surface area contributed by atoms with Gasteiger partial charge in [-0.25, -0.2) is 4.99 Å². The molecule has 5 rings (SSSR count). The Morgan fingerprint density at radius 1 is 1.08 bits per heavy atom. The topological polar surface area (TPSA) is 112 Å². The molecule has 1 saturated heterocycles. The van der Waals surface area contributed by atoms with Crippen molar-refractivity contribution in [1.82, 2.24) is 9.88 Å². The average molecular weight is 481 g/mol. The molecule has 0 saturated carbocycles. The molecule has 0 spiro atoms. The summed E-state index contributed by atoms with van der Waals surface area (Å²) in [6.07, 6.45) is 3.35. The number of hydrogen-bond donors (Lipinski definition) is 2. The van der Waals surface area contributed by atoms with E-state index in [1.807, 2.05) is 72.5 Å². The Bertz CT molecular complexity index is 1520. The molecule has 0 unspecified atom stereocenters. The molecule has 1 aliphatic heterocycles. The maximum Gasteiger partial charge on any atom is 0.270 e. The van der Waals surface area contributed by atoms with E-state index in [9.17, 15) is 20.0 Å². The van der Waals surface area contributed by atoms with Gasteiger partial charge in [0.15, 0.2) is 5.88 Å². The predicted octanol–water partition coefficient (Wildman–Crippen LogP) is 5.93. The normalized spacial score (nSPS) is 14.6. The van der Waals surface area contributed by atoms with Gasteiger partial charge >= 0.3 is 0 Å². The number of hydrogen-bond acceptors (Lipinski definition) is 5. The van der Waals surface area contributed by atoms with Crippen molar-refractivity contribution in [1.29, 1.82) is 0 Å². The number of nitro groups is 1. The number of aromatic amines is 1. The standard InChI is InChI=1S/C28H24N4O4/c1-2-24(31-16-6-9-25(31)33)18-10-12-20(13-11-18)29-27(19-7-4-3-5-8-19)26-22-17-21(32(35)36)14-15-23(22)30-28(26)34/h2-5,7-8,10-15,17,30,34H,6,9,16H2,1H3. The van der Waals surface area contributed by atoms with Crippen molar-refractivity contribution < 1.29 is 14.8 Å². The maximum absolute atomic E-state index is 12.2. The molecule has 2 heterocycles. The number of allylic oxidation sites excluding steroid dienone is 1. The van der Waals surface area contributed by atoms with Gasteiger partial charge in [0.25, 0.3) is 5.69 Å². The summed E-state index contributed by atoms with van der Waals surface area (Å²) in [5.74, 6) is 0.00827. The van der Waals surface area contributed by atoms with E-state index in [0.717, 1.165) is 23.2 Å². The van der Waals surface area contributed by atoms with Crippen molar-refractivity contribution in [2.45, 2.75) is 19.8 Å². The second-order valence-electron chi connectivity index (χ2n) is 8.53. The number of carbonyl (C=O) groups is 1. The lowest BCUT2D eigenvalue weighted by molar-refractivity contribution is -0.384. The Kier molecular flexibility index (Phi) is 6.08. The van der Waals surface area contributed by atoms with E-state index in [2.05, 4.69) is 4.98 Å². The van der Waals surface area contributed by atoms with Crippen LogP contribution in [0.1, 0.15) is 36.5 Å². The van der Waals surface area contributed by atoms with Gasteiger partial charge in [-0.3, -0.25) is 14.9 Å². The molecule has 3 aromatic carbocycles. The number of rotatable bonds is 6. The number of amides is 1. The summed E-state index contributed by atoms with van der Waals surface area (Å²) in [7, 11) is 0. The van der Waals surface area contributed by atoms with E-state index >= 15 is 0 Å². The number of carbonyl (C=O) groups excluding carboxylic acids is 1. The zero-order valence-electron chi connectivity index (χ0n) is 19.6. The molecule has 1 aliphatic rings. The molecule has 8 heteroatoms. The van der Waals surface area contributed by atoms with Crippen LogP contribution < -0.4 is 0 Å². The van der Waals surface area contributed by atoms with E-state index in [1.54, 1.807) is 6.07 Å². The largest absolute Gasteiger partial charge is 0.494 e. The van der Waals surface area contributed by atoms with Crippen LogP contribution in [0.4, 0.5) is 11.4 Å². The number of likely N-dealkylation sites (tertiary alicyclic amines) is 1. The fraction of sp³-hybridized carbons (Fsp3) is 0.143. The highest BCUT2D eigenvalue weighted by molar-refractivity contribution is 6.22. The van der Waals surface area contributed by atoms with Crippen molar-refractivity contribution in [2.75, 3.05) is 6.54 Å². The summed E-state index contributed by atoms with van der Waals surface area (Å²) in [5, 5.41) is 22.7. The average Bonchev–Trinajstić information content (AvgIpc) is 3.46. The lowest BCUT2D eigenvalue weighted by Gasteiger charge is -2.20. The highest BCUT2D eigenvalue weighted by Crippen LogP contribution is 2.34. The summed E-state index contributed by atoms with van der Waals surface area (Å²) in [4.78, 5) is 32.8. The summed E-state index contributed by atoms with van der Waals surface area (Å²) >= 11 is 0. The summed E-state index contributed by atoms with van der Waals surface area (Å²) in [6, 6.07) is 21.3. The van der Waals surface area contributed by atoms with Crippen molar-refractivity contribution >= 4 is 39.6 Å². The molecule has 180 valence electrons. The molecular formula is C28H24N4O4. The van der Waals surface area contributed by atoms with Gasteiger partial charge in [0.2, 0.25) is 5.91 Å². The number of aliphatic imine (C=N–C) groups is 1. The first-order chi connectivity index (χ1) is 17.5. The predicted molar refractivity (Wildman–Crippen MR) is 139 cm³/mol. The van der Waals surface area contributed by atoms with Crippen LogP contribution in [0, 0.1) is 10.1 Å². The van der Waals surface area contributed by atoms with Crippen molar-refractivity contribution in [2.24, 2.45) is 4.99 Å². The zero-order chi connectivity index (χ0) is 25.2. The van der Waals surface area contributed by atoms with Crippen LogP contribution in [0.25, 0.3) is 16.6 Å². The number of aromatic nitrogens is 1. The van der Waals surface area contributed by atoms with Crippen molar-refractivity contribution in [3.63, 3.8) is 0 Å².